The minimum absolute atomic E-state index is 0.251. The first kappa shape index (κ1) is 13.7. The molecule has 7 heteroatoms. The molecule has 0 saturated heterocycles. The highest BCUT2D eigenvalue weighted by Crippen LogP contribution is 2.18. The monoisotopic (exact) mass is 254 g/mol. The summed E-state index contributed by atoms with van der Waals surface area (Å²) >= 11 is 0. The Morgan fingerprint density at radius 3 is 2.33 bits per heavy atom. The minimum Gasteiger partial charge on any atom is -0.481 e. The smallest absolute Gasteiger partial charge is 0.340 e. The summed E-state index contributed by atoms with van der Waals surface area (Å²) in [6.07, 6.45) is -2.65. The molecule has 3 N–H and O–H groups in total. The largest absolute Gasteiger partial charge is 0.481 e. The van der Waals surface area contributed by atoms with Gasteiger partial charge in [0.25, 0.3) is 0 Å². The van der Waals surface area contributed by atoms with Gasteiger partial charge in [0.2, 0.25) is 0 Å². The molecule has 7 nitrogen and oxygen atoms in total. The average Bonchev–Trinajstić information content (AvgIpc) is 2.28. The number of aromatic carboxylic acids is 1. The SMILES string of the molecule is O=C(O)CC(O)C(=O)Oc1ccccc1C(=O)O. The second kappa shape index (κ2) is 5.78. The molecule has 0 saturated carbocycles. The Bertz CT molecular complexity index is 480. The molecule has 0 radical (unpaired) electrons. The highest BCUT2D eigenvalue weighted by atomic mass is 16.6. The third kappa shape index (κ3) is 3.56. The maximum absolute atomic E-state index is 11.3. The lowest BCUT2D eigenvalue weighted by Gasteiger charge is -2.10. The molecule has 18 heavy (non-hydrogen) atoms. The number of para-hydroxylation sites is 1. The Labute approximate surface area is 101 Å². The summed E-state index contributed by atoms with van der Waals surface area (Å²) in [4.78, 5) is 32.4. The van der Waals surface area contributed by atoms with E-state index < -0.39 is 30.4 Å². The molecular formula is C11H10O7. The highest BCUT2D eigenvalue weighted by Gasteiger charge is 2.22. The zero-order valence-corrected chi connectivity index (χ0v) is 9.07. The van der Waals surface area contributed by atoms with Crippen molar-refractivity contribution in [1.29, 1.82) is 0 Å². The van der Waals surface area contributed by atoms with Crippen LogP contribution in [0, 0.1) is 0 Å². The van der Waals surface area contributed by atoms with E-state index >= 15 is 0 Å². The number of carbonyl (C=O) groups excluding carboxylic acids is 1. The van der Waals surface area contributed by atoms with Gasteiger partial charge in [-0.05, 0) is 12.1 Å². The molecular weight excluding hydrogens is 244 g/mol. The number of aliphatic hydroxyl groups excluding tert-OH is 1. The molecule has 0 amide bonds. The molecule has 1 atom stereocenters. The predicted molar refractivity (Wildman–Crippen MR) is 57.3 cm³/mol. The van der Waals surface area contributed by atoms with Gasteiger partial charge >= 0.3 is 17.9 Å². The van der Waals surface area contributed by atoms with E-state index in [4.69, 9.17) is 10.2 Å². The number of hydrogen-bond acceptors (Lipinski definition) is 5. The Morgan fingerprint density at radius 2 is 1.78 bits per heavy atom. The van der Waals surface area contributed by atoms with Crippen molar-refractivity contribution >= 4 is 17.9 Å². The molecule has 0 fully saturated rings. The van der Waals surface area contributed by atoms with Crippen LogP contribution in [0.25, 0.3) is 0 Å². The van der Waals surface area contributed by atoms with Gasteiger partial charge < -0.3 is 20.1 Å². The fourth-order valence-electron chi connectivity index (χ4n) is 1.16. The predicted octanol–water partition coefficient (Wildman–Crippen LogP) is 0.126. The van der Waals surface area contributed by atoms with Crippen molar-refractivity contribution < 1.29 is 34.4 Å². The number of carboxylic acids is 2. The number of aliphatic hydroxyl groups is 1. The van der Waals surface area contributed by atoms with Crippen molar-refractivity contribution in [2.75, 3.05) is 0 Å². The van der Waals surface area contributed by atoms with Gasteiger partial charge in [0, 0.05) is 0 Å². The van der Waals surface area contributed by atoms with E-state index in [9.17, 15) is 19.5 Å². The summed E-state index contributed by atoms with van der Waals surface area (Å²) < 4.78 is 4.64. The van der Waals surface area contributed by atoms with Crippen LogP contribution < -0.4 is 4.74 Å². The van der Waals surface area contributed by atoms with Crippen LogP contribution in [0.2, 0.25) is 0 Å². The van der Waals surface area contributed by atoms with Gasteiger partial charge in [-0.1, -0.05) is 12.1 Å². The Morgan fingerprint density at radius 1 is 1.17 bits per heavy atom. The van der Waals surface area contributed by atoms with E-state index in [1.165, 1.54) is 24.3 Å². The average molecular weight is 254 g/mol. The van der Waals surface area contributed by atoms with Crippen LogP contribution in [0.1, 0.15) is 16.8 Å². The van der Waals surface area contributed by atoms with Crippen LogP contribution in [0.3, 0.4) is 0 Å². The van der Waals surface area contributed by atoms with Crippen LogP contribution in [0.5, 0.6) is 5.75 Å². The molecule has 0 aliphatic carbocycles. The molecule has 0 aliphatic rings. The number of hydrogen-bond donors (Lipinski definition) is 3. The summed E-state index contributed by atoms with van der Waals surface area (Å²) in [7, 11) is 0. The molecule has 96 valence electrons. The van der Waals surface area contributed by atoms with Crippen molar-refractivity contribution in [3.05, 3.63) is 29.8 Å². The lowest BCUT2D eigenvalue weighted by Crippen LogP contribution is -2.28. The molecule has 0 heterocycles. The molecule has 1 unspecified atom stereocenters. The van der Waals surface area contributed by atoms with Crippen molar-refractivity contribution in [2.24, 2.45) is 0 Å². The maximum Gasteiger partial charge on any atom is 0.340 e. The van der Waals surface area contributed by atoms with Gasteiger partial charge in [0.05, 0.1) is 6.42 Å². The van der Waals surface area contributed by atoms with E-state index in [0.717, 1.165) is 0 Å². The third-order valence-electron chi connectivity index (χ3n) is 1.97. The second-order valence-electron chi connectivity index (χ2n) is 3.34. The zero-order valence-electron chi connectivity index (χ0n) is 9.07. The van der Waals surface area contributed by atoms with Gasteiger partial charge in [0.1, 0.15) is 11.3 Å². The number of rotatable bonds is 5. The fraction of sp³-hybridized carbons (Fsp3) is 0.182. The maximum atomic E-state index is 11.3. The molecule has 1 aromatic rings. The normalized spacial score (nSPS) is 11.6. The van der Waals surface area contributed by atoms with E-state index in [0.29, 0.717) is 0 Å². The van der Waals surface area contributed by atoms with Crippen molar-refractivity contribution in [1.82, 2.24) is 0 Å². The molecule has 0 aliphatic heterocycles. The van der Waals surface area contributed by atoms with Gasteiger partial charge in [0.15, 0.2) is 6.10 Å². The Kier molecular flexibility index (Phi) is 4.39. The lowest BCUT2D eigenvalue weighted by molar-refractivity contribution is -0.151. The topological polar surface area (TPSA) is 121 Å². The van der Waals surface area contributed by atoms with Gasteiger partial charge in [-0.15, -0.1) is 0 Å². The van der Waals surface area contributed by atoms with Crippen LogP contribution in [0.4, 0.5) is 0 Å². The van der Waals surface area contributed by atoms with Crippen molar-refractivity contribution in [2.45, 2.75) is 12.5 Å². The quantitative estimate of drug-likeness (QED) is 0.504. The van der Waals surface area contributed by atoms with Crippen molar-refractivity contribution in [3.8, 4) is 5.75 Å². The summed E-state index contributed by atoms with van der Waals surface area (Å²) in [5.41, 5.74) is -0.256. The van der Waals surface area contributed by atoms with Crippen LogP contribution >= 0.6 is 0 Å². The van der Waals surface area contributed by atoms with Gasteiger partial charge in [-0.2, -0.15) is 0 Å². The van der Waals surface area contributed by atoms with Crippen molar-refractivity contribution in [3.63, 3.8) is 0 Å². The minimum atomic E-state index is -1.84. The number of carboxylic acid groups (broad SMARTS) is 2. The van der Waals surface area contributed by atoms with E-state index in [1.54, 1.807) is 0 Å². The Balaban J connectivity index is 2.82. The highest BCUT2D eigenvalue weighted by molar-refractivity contribution is 5.92. The summed E-state index contributed by atoms with van der Waals surface area (Å²) in [5.74, 6) is -4.14. The first-order chi connectivity index (χ1) is 8.41. The number of ether oxygens (including phenoxy) is 1. The molecule has 1 aromatic carbocycles. The van der Waals surface area contributed by atoms with Gasteiger partial charge in [-0.3, -0.25) is 4.79 Å². The molecule has 0 spiro atoms. The third-order valence-corrected chi connectivity index (χ3v) is 1.97. The van der Waals surface area contributed by atoms with Crippen LogP contribution in [-0.4, -0.2) is 39.3 Å². The van der Waals surface area contributed by atoms with E-state index in [-0.39, 0.29) is 11.3 Å². The van der Waals surface area contributed by atoms with E-state index in [2.05, 4.69) is 4.74 Å². The first-order valence-electron chi connectivity index (χ1n) is 4.85. The number of aliphatic carboxylic acids is 1. The number of esters is 1. The number of carbonyl (C=O) groups is 3. The fourth-order valence-corrected chi connectivity index (χ4v) is 1.16. The number of benzene rings is 1. The second-order valence-corrected chi connectivity index (χ2v) is 3.34. The first-order valence-corrected chi connectivity index (χ1v) is 4.85. The Hall–Kier alpha value is -2.41. The summed E-state index contributed by atoms with van der Waals surface area (Å²) in [6.45, 7) is 0. The lowest BCUT2D eigenvalue weighted by atomic mass is 10.2. The zero-order chi connectivity index (χ0) is 13.7. The molecule has 0 aromatic heterocycles. The van der Waals surface area contributed by atoms with Crippen LogP contribution in [0.15, 0.2) is 24.3 Å². The summed E-state index contributed by atoms with van der Waals surface area (Å²) in [5, 5.41) is 26.4. The molecule has 1 rings (SSSR count). The van der Waals surface area contributed by atoms with E-state index in [1.807, 2.05) is 0 Å². The summed E-state index contributed by atoms with van der Waals surface area (Å²) in [6, 6.07) is 5.33. The van der Waals surface area contributed by atoms with Crippen LogP contribution in [-0.2, 0) is 9.59 Å². The van der Waals surface area contributed by atoms with Gasteiger partial charge in [-0.25, -0.2) is 9.59 Å². The molecule has 0 bridgehead atoms. The standard InChI is InChI=1S/C11H10O7/c12-7(5-9(13)14)11(17)18-8-4-2-1-3-6(8)10(15)16/h1-4,7,12H,5H2,(H,13,14)(H,15,16).